The number of thiazole rings is 1. The van der Waals surface area contributed by atoms with Crippen LogP contribution in [0.4, 0.5) is 16.6 Å². The molecule has 0 saturated carbocycles. The molecule has 346 valence electrons. The summed E-state index contributed by atoms with van der Waals surface area (Å²) in [7, 11) is 2.02. The van der Waals surface area contributed by atoms with E-state index in [9.17, 15) is 0 Å². The Labute approximate surface area is 405 Å². The molecule has 1 unspecified atom stereocenters. The largest absolute Gasteiger partial charge is 0.363 e. The Morgan fingerprint density at radius 1 is 0.868 bits per heavy atom. The van der Waals surface area contributed by atoms with Gasteiger partial charge in [-0.25, -0.2) is 9.97 Å². The lowest BCUT2D eigenvalue weighted by Crippen LogP contribution is -2.47. The molecule has 7 aromatic rings. The fourth-order valence-electron chi connectivity index (χ4n) is 10.4. The molecule has 3 aliphatic heterocycles. The third-order valence-corrected chi connectivity index (χ3v) is 15.1. The highest BCUT2D eigenvalue weighted by Gasteiger charge is 2.27. The molecule has 2 fully saturated rings. The van der Waals surface area contributed by atoms with Gasteiger partial charge in [-0.2, -0.15) is 5.10 Å². The van der Waals surface area contributed by atoms with Crippen molar-refractivity contribution < 1.29 is 0 Å². The van der Waals surface area contributed by atoms with E-state index in [4.69, 9.17) is 15.1 Å². The summed E-state index contributed by atoms with van der Waals surface area (Å²) in [4.78, 5) is 17.5. The summed E-state index contributed by atoms with van der Waals surface area (Å²) in [6, 6.07) is 32.4. The van der Waals surface area contributed by atoms with Crippen LogP contribution in [-0.2, 0) is 26.4 Å². The highest BCUT2D eigenvalue weighted by atomic mass is 32.1. The second kappa shape index (κ2) is 19.4. The molecule has 2 saturated heterocycles. The van der Waals surface area contributed by atoms with Gasteiger partial charge >= 0.3 is 0 Å². The monoisotopic (exact) mass is 918 g/mol. The summed E-state index contributed by atoms with van der Waals surface area (Å²) >= 11 is 1.65. The van der Waals surface area contributed by atoms with Crippen molar-refractivity contribution in [2.45, 2.75) is 51.5 Å². The number of allylic oxidation sites excluding steroid dienone is 2. The molecule has 0 spiro atoms. The number of anilines is 3. The van der Waals surface area contributed by atoms with Gasteiger partial charge in [0.15, 0.2) is 5.13 Å². The maximum Gasteiger partial charge on any atom is 0.188 e. The minimum atomic E-state index is 0.180. The number of hydrogen-bond acceptors (Lipinski definition) is 10. The smallest absolute Gasteiger partial charge is 0.188 e. The second-order valence-electron chi connectivity index (χ2n) is 18.6. The SMILES string of the molecule is C=Cc1nc(N2CCc3cccc(C(=C)Nc4nc5ccccc5s4)c3C2)ccc1-c1cccc(CCCN2CCN(CC(=C)Nc3ccc4c(C5CCC(=C)NC5=C)nn(C)c4c3)CC2)c1C. The van der Waals surface area contributed by atoms with E-state index in [1.54, 1.807) is 11.3 Å². The van der Waals surface area contributed by atoms with Gasteiger partial charge in [-0.15, -0.1) is 0 Å². The van der Waals surface area contributed by atoms with Crippen molar-refractivity contribution in [3.63, 3.8) is 0 Å². The molecule has 3 aromatic heterocycles. The summed E-state index contributed by atoms with van der Waals surface area (Å²) in [5.41, 5.74) is 17.8. The number of nitrogens with zero attached hydrogens (tertiary/aromatic N) is 7. The zero-order chi connectivity index (χ0) is 46.9. The summed E-state index contributed by atoms with van der Waals surface area (Å²) in [6.07, 6.45) is 6.90. The minimum absolute atomic E-state index is 0.180. The molecule has 4 aromatic carbocycles. The number of piperidine rings is 1. The van der Waals surface area contributed by atoms with Crippen LogP contribution < -0.4 is 20.9 Å². The van der Waals surface area contributed by atoms with Crippen LogP contribution in [0.3, 0.4) is 0 Å². The lowest BCUT2D eigenvalue weighted by atomic mass is 9.90. The minimum Gasteiger partial charge on any atom is -0.363 e. The lowest BCUT2D eigenvalue weighted by molar-refractivity contribution is 0.139. The molecule has 6 heterocycles. The van der Waals surface area contributed by atoms with Crippen LogP contribution >= 0.6 is 11.3 Å². The number of rotatable bonds is 15. The van der Waals surface area contributed by atoms with Crippen LogP contribution in [0.5, 0.6) is 0 Å². The standard InChI is InChI=1S/C57H62N10S/c1-8-51-48(25-26-55(61-51)67-29-27-43-15-12-18-46(50(43)36-67)40(5)60-57-62-52-19-9-10-20-54(52)68-57)45-17-11-14-42(39(45)4)16-13-28-65-30-32-66(33-31-65)35-38(3)59-44-22-24-49-53(34-44)64(7)63-56(49)47-23-21-37(2)58-41(47)6/h8-12,14-15,17-20,22,24-26,34,47,58-59H,1-3,5-6,13,16,21,23,27-33,35-36H2,4,7H3,(H,60,62). The van der Waals surface area contributed by atoms with Crippen LogP contribution in [-0.4, -0.2) is 75.4 Å². The Hall–Kier alpha value is -6.79. The first-order valence-corrected chi connectivity index (χ1v) is 24.8. The molecule has 0 amide bonds. The van der Waals surface area contributed by atoms with Crippen LogP contribution in [0.25, 0.3) is 44.0 Å². The fraction of sp³-hybridized carbons (Fsp3) is 0.281. The molecule has 0 aliphatic carbocycles. The number of para-hydroxylation sites is 1. The van der Waals surface area contributed by atoms with E-state index < -0.39 is 0 Å². The Morgan fingerprint density at radius 3 is 2.51 bits per heavy atom. The number of nitrogens with one attached hydrogen (secondary N) is 3. The van der Waals surface area contributed by atoms with E-state index in [1.807, 2.05) is 29.9 Å². The Kier molecular flexibility index (Phi) is 12.9. The van der Waals surface area contributed by atoms with Crippen LogP contribution in [0.2, 0.25) is 0 Å². The number of benzene rings is 4. The zero-order valence-electron chi connectivity index (χ0n) is 39.6. The molecule has 1 atom stereocenters. The highest BCUT2D eigenvalue weighted by Crippen LogP contribution is 2.38. The molecular formula is C57H62N10S. The first-order chi connectivity index (χ1) is 33.1. The number of aryl methyl sites for hydroxylation is 2. The van der Waals surface area contributed by atoms with Crippen molar-refractivity contribution in [2.75, 3.05) is 61.3 Å². The van der Waals surface area contributed by atoms with E-state index in [0.717, 1.165) is 162 Å². The van der Waals surface area contributed by atoms with Gasteiger partial charge in [0, 0.05) is 104 Å². The second-order valence-corrected chi connectivity index (χ2v) is 19.7. The van der Waals surface area contributed by atoms with Crippen LogP contribution in [0.15, 0.2) is 141 Å². The molecule has 68 heavy (non-hydrogen) atoms. The van der Waals surface area contributed by atoms with Gasteiger partial charge in [0.1, 0.15) is 5.82 Å². The normalized spacial score (nSPS) is 16.7. The number of hydrogen-bond donors (Lipinski definition) is 3. The van der Waals surface area contributed by atoms with Gasteiger partial charge in [0.05, 0.1) is 27.1 Å². The van der Waals surface area contributed by atoms with Crippen molar-refractivity contribution in [3.8, 4) is 11.1 Å². The van der Waals surface area contributed by atoms with Gasteiger partial charge < -0.3 is 25.8 Å². The maximum absolute atomic E-state index is 5.24. The quantitative estimate of drug-likeness (QED) is 0.0930. The number of aromatic nitrogens is 4. The third-order valence-electron chi connectivity index (χ3n) is 14.1. The van der Waals surface area contributed by atoms with Gasteiger partial charge in [0.25, 0.3) is 0 Å². The van der Waals surface area contributed by atoms with Crippen LogP contribution in [0, 0.1) is 6.92 Å². The fourth-order valence-corrected chi connectivity index (χ4v) is 11.3. The third kappa shape index (κ3) is 9.39. The zero-order valence-corrected chi connectivity index (χ0v) is 40.4. The van der Waals surface area contributed by atoms with Crippen molar-refractivity contribution >= 4 is 60.9 Å². The maximum atomic E-state index is 5.24. The Morgan fingerprint density at radius 2 is 1.69 bits per heavy atom. The predicted molar refractivity (Wildman–Crippen MR) is 286 cm³/mol. The topological polar surface area (TPSA) is 89.4 Å². The molecular weight excluding hydrogens is 857 g/mol. The summed E-state index contributed by atoms with van der Waals surface area (Å²) in [5.74, 6) is 1.15. The lowest BCUT2D eigenvalue weighted by Gasteiger charge is -2.35. The van der Waals surface area contributed by atoms with Crippen molar-refractivity contribution in [1.82, 2.24) is 34.9 Å². The predicted octanol–water partition coefficient (Wildman–Crippen LogP) is 11.5. The molecule has 10 rings (SSSR count). The first-order valence-electron chi connectivity index (χ1n) is 24.0. The average molecular weight is 919 g/mol. The van der Waals surface area contributed by atoms with Crippen LogP contribution in [0.1, 0.15) is 64.4 Å². The molecule has 3 N–H and O–H groups in total. The van der Waals surface area contributed by atoms with Gasteiger partial charge in [-0.1, -0.05) is 92.8 Å². The van der Waals surface area contributed by atoms with Gasteiger partial charge in [-0.3, -0.25) is 9.58 Å². The van der Waals surface area contributed by atoms with Gasteiger partial charge in [0.2, 0.25) is 0 Å². The van der Waals surface area contributed by atoms with E-state index in [0.29, 0.717) is 0 Å². The first kappa shape index (κ1) is 45.0. The van der Waals surface area contributed by atoms with Crippen molar-refractivity contribution in [2.24, 2.45) is 7.05 Å². The molecule has 10 nitrogen and oxygen atoms in total. The molecule has 3 aliphatic rings. The molecule has 0 bridgehead atoms. The number of piperazine rings is 1. The van der Waals surface area contributed by atoms with Crippen molar-refractivity contribution in [1.29, 1.82) is 0 Å². The van der Waals surface area contributed by atoms with Crippen molar-refractivity contribution in [3.05, 3.63) is 180 Å². The van der Waals surface area contributed by atoms with E-state index in [1.165, 1.54) is 33.2 Å². The van der Waals surface area contributed by atoms with E-state index >= 15 is 0 Å². The number of fused-ring (bicyclic) bond motifs is 3. The Balaban J connectivity index is 0.717. The Bertz CT molecular complexity index is 3060. The van der Waals surface area contributed by atoms with E-state index in [-0.39, 0.29) is 5.92 Å². The highest BCUT2D eigenvalue weighted by molar-refractivity contribution is 7.22. The summed E-state index contributed by atoms with van der Waals surface area (Å²) in [5, 5.41) is 17.4. The molecule has 0 radical (unpaired) electrons. The average Bonchev–Trinajstić information content (AvgIpc) is 3.91. The summed E-state index contributed by atoms with van der Waals surface area (Å²) in [6.45, 7) is 31.5. The molecule has 11 heteroatoms. The number of pyridine rings is 1. The van der Waals surface area contributed by atoms with E-state index in [2.05, 4.69) is 149 Å². The summed E-state index contributed by atoms with van der Waals surface area (Å²) < 4.78 is 3.14. The van der Waals surface area contributed by atoms with Gasteiger partial charge in [-0.05, 0) is 122 Å².